The number of carbonyl (C=O) groups is 2. The van der Waals surface area contributed by atoms with Crippen molar-refractivity contribution in [2.75, 3.05) is 10.6 Å². The highest BCUT2D eigenvalue weighted by Gasteiger charge is 2.35. The van der Waals surface area contributed by atoms with Gasteiger partial charge in [0.25, 0.3) is 9.84 Å². The third-order valence-corrected chi connectivity index (χ3v) is 7.84. The lowest BCUT2D eigenvalue weighted by Crippen LogP contribution is -2.33. The van der Waals surface area contributed by atoms with E-state index >= 15 is 0 Å². The number of aliphatic carboxylic acids is 1. The van der Waals surface area contributed by atoms with Gasteiger partial charge in [0.15, 0.2) is 0 Å². The van der Waals surface area contributed by atoms with E-state index < -0.39 is 32.8 Å². The van der Waals surface area contributed by atoms with E-state index in [0.29, 0.717) is 36.6 Å². The van der Waals surface area contributed by atoms with Crippen LogP contribution in [-0.2, 0) is 32.3 Å². The van der Waals surface area contributed by atoms with Gasteiger partial charge in [0.05, 0.1) is 6.20 Å². The molecule has 0 radical (unpaired) electrons. The summed E-state index contributed by atoms with van der Waals surface area (Å²) in [5.41, 5.74) is 2.22. The number of sulfone groups is 1. The molecule has 9 nitrogen and oxygen atoms in total. The Labute approximate surface area is 186 Å². The van der Waals surface area contributed by atoms with E-state index in [4.69, 9.17) is 9.52 Å². The molecule has 1 atom stereocenters. The molecule has 3 N–H and O–H groups in total. The maximum atomic E-state index is 12.9. The third-order valence-electron chi connectivity index (χ3n) is 6.06. The van der Waals surface area contributed by atoms with Gasteiger partial charge in [-0.15, -0.1) is 0 Å². The number of hydrogen-bond acceptors (Lipinski definition) is 7. The third kappa shape index (κ3) is 5.12. The van der Waals surface area contributed by atoms with Crippen molar-refractivity contribution in [2.24, 2.45) is 5.92 Å². The molecule has 1 aliphatic heterocycles. The predicted molar refractivity (Wildman–Crippen MR) is 117 cm³/mol. The number of benzene rings is 1. The number of aryl methyl sites for hydroxylation is 1. The minimum absolute atomic E-state index is 0.0183. The molecule has 1 fully saturated rings. The molecule has 4 rings (SSSR count). The first kappa shape index (κ1) is 22.3. The number of aromatic nitrogens is 1. The van der Waals surface area contributed by atoms with Crippen molar-refractivity contribution in [1.82, 2.24) is 4.98 Å². The minimum Gasteiger partial charge on any atom is -0.481 e. The Morgan fingerprint density at radius 1 is 1.19 bits per heavy atom. The van der Waals surface area contributed by atoms with Crippen LogP contribution in [-0.4, -0.2) is 35.8 Å². The molecule has 1 unspecified atom stereocenters. The summed E-state index contributed by atoms with van der Waals surface area (Å²) in [5, 5.41) is 13.3. The van der Waals surface area contributed by atoms with Gasteiger partial charge < -0.3 is 20.2 Å². The monoisotopic (exact) mass is 461 g/mol. The molecule has 0 saturated heterocycles. The maximum absolute atomic E-state index is 12.9. The fourth-order valence-electron chi connectivity index (χ4n) is 4.41. The van der Waals surface area contributed by atoms with Gasteiger partial charge in [0.2, 0.25) is 5.91 Å². The highest BCUT2D eigenvalue weighted by Crippen LogP contribution is 2.32. The smallest absolute Gasteiger partial charge is 0.317 e. The van der Waals surface area contributed by atoms with Crippen molar-refractivity contribution in [3.05, 3.63) is 35.7 Å². The van der Waals surface area contributed by atoms with Gasteiger partial charge in [-0.25, -0.2) is 13.4 Å². The van der Waals surface area contributed by atoms with Crippen LogP contribution in [0, 0.1) is 5.92 Å². The first-order chi connectivity index (χ1) is 15.3. The van der Waals surface area contributed by atoms with E-state index in [2.05, 4.69) is 15.6 Å². The fraction of sp³-hybridized carbons (Fsp3) is 0.500. The van der Waals surface area contributed by atoms with E-state index in [1.165, 1.54) is 19.3 Å². The van der Waals surface area contributed by atoms with Crippen LogP contribution < -0.4 is 10.6 Å². The number of amides is 1. The lowest BCUT2D eigenvalue weighted by atomic mass is 9.87. The van der Waals surface area contributed by atoms with Crippen LogP contribution in [0.4, 0.5) is 11.4 Å². The standard InChI is InChI=1S/C22H27N3O6S/c26-19(10-14-4-2-1-3-5-14)24-16-8-6-15-7-9-20(25-18(15)11-16)32(29,30)22-23-13-17(31-22)12-21(27)28/h6,8,11,13-14,20,25H,1-5,7,9-10,12H2,(H,24,26)(H,27,28). The average Bonchev–Trinajstić information content (AvgIpc) is 3.22. The Bertz CT molecular complexity index is 1100. The molecular formula is C22H27N3O6S. The Morgan fingerprint density at radius 2 is 1.97 bits per heavy atom. The lowest BCUT2D eigenvalue weighted by Gasteiger charge is -2.26. The number of nitrogens with one attached hydrogen (secondary N) is 2. The van der Waals surface area contributed by atoms with E-state index in [1.54, 1.807) is 6.07 Å². The van der Waals surface area contributed by atoms with Crippen molar-refractivity contribution in [3.8, 4) is 0 Å². The summed E-state index contributed by atoms with van der Waals surface area (Å²) in [6.07, 6.45) is 7.83. The molecular weight excluding hydrogens is 434 g/mol. The van der Waals surface area contributed by atoms with Crippen molar-refractivity contribution < 1.29 is 27.5 Å². The van der Waals surface area contributed by atoms with Gasteiger partial charge in [0, 0.05) is 17.8 Å². The molecule has 172 valence electrons. The van der Waals surface area contributed by atoms with Crippen molar-refractivity contribution in [1.29, 1.82) is 0 Å². The largest absolute Gasteiger partial charge is 0.481 e. The molecule has 2 heterocycles. The highest BCUT2D eigenvalue weighted by molar-refractivity contribution is 7.91. The van der Waals surface area contributed by atoms with E-state index in [9.17, 15) is 18.0 Å². The molecule has 2 aliphatic rings. The highest BCUT2D eigenvalue weighted by atomic mass is 32.2. The summed E-state index contributed by atoms with van der Waals surface area (Å²) in [4.78, 5) is 27.0. The first-order valence-electron chi connectivity index (χ1n) is 10.9. The quantitative estimate of drug-likeness (QED) is 0.570. The van der Waals surface area contributed by atoms with Crippen LogP contribution in [0.5, 0.6) is 0 Å². The summed E-state index contributed by atoms with van der Waals surface area (Å²) in [5.74, 6) is -0.744. The predicted octanol–water partition coefficient (Wildman–Crippen LogP) is 3.37. The second-order valence-electron chi connectivity index (χ2n) is 8.51. The number of fused-ring (bicyclic) bond motifs is 1. The molecule has 1 aromatic heterocycles. The molecule has 1 aromatic carbocycles. The summed E-state index contributed by atoms with van der Waals surface area (Å²) in [6, 6.07) is 5.47. The van der Waals surface area contributed by atoms with Crippen LogP contribution in [0.3, 0.4) is 0 Å². The Morgan fingerprint density at radius 3 is 2.72 bits per heavy atom. The average molecular weight is 462 g/mol. The molecule has 32 heavy (non-hydrogen) atoms. The fourth-order valence-corrected chi connectivity index (χ4v) is 5.79. The summed E-state index contributed by atoms with van der Waals surface area (Å²) >= 11 is 0. The van der Waals surface area contributed by atoms with Crippen LogP contribution in [0.25, 0.3) is 0 Å². The van der Waals surface area contributed by atoms with Gasteiger partial charge >= 0.3 is 11.2 Å². The zero-order valence-corrected chi connectivity index (χ0v) is 18.5. The summed E-state index contributed by atoms with van der Waals surface area (Å²) in [6.45, 7) is 0. The Balaban J connectivity index is 1.43. The molecule has 1 aliphatic carbocycles. The van der Waals surface area contributed by atoms with Gasteiger partial charge in [-0.2, -0.15) is 0 Å². The van der Waals surface area contributed by atoms with Crippen LogP contribution >= 0.6 is 0 Å². The maximum Gasteiger partial charge on any atom is 0.317 e. The number of oxazole rings is 1. The van der Waals surface area contributed by atoms with Crippen molar-refractivity contribution in [3.63, 3.8) is 0 Å². The van der Waals surface area contributed by atoms with Crippen LogP contribution in [0.2, 0.25) is 0 Å². The second kappa shape index (κ2) is 9.32. The Hall–Kier alpha value is -2.88. The molecule has 1 saturated carbocycles. The zero-order valence-electron chi connectivity index (χ0n) is 17.7. The van der Waals surface area contributed by atoms with Crippen LogP contribution in [0.15, 0.2) is 34.0 Å². The molecule has 1 amide bonds. The number of carboxylic acids is 1. The second-order valence-corrected chi connectivity index (χ2v) is 10.5. The molecule has 10 heteroatoms. The SMILES string of the molecule is O=C(O)Cc1cnc(S(=O)(=O)C2CCc3ccc(NC(=O)CC4CCCCC4)cc3N2)o1. The van der Waals surface area contributed by atoms with E-state index in [1.807, 2.05) is 12.1 Å². The van der Waals surface area contributed by atoms with Gasteiger partial charge in [-0.3, -0.25) is 9.59 Å². The lowest BCUT2D eigenvalue weighted by molar-refractivity contribution is -0.136. The molecule has 2 aromatic rings. The van der Waals surface area contributed by atoms with Gasteiger partial charge in [0.1, 0.15) is 17.6 Å². The van der Waals surface area contributed by atoms with Crippen molar-refractivity contribution in [2.45, 2.75) is 68.4 Å². The number of carbonyl (C=O) groups excluding carboxylic acids is 1. The van der Waals surface area contributed by atoms with E-state index in [-0.39, 0.29) is 11.7 Å². The minimum atomic E-state index is -3.94. The number of hydrogen-bond donors (Lipinski definition) is 3. The number of anilines is 2. The number of rotatable bonds is 7. The van der Waals surface area contributed by atoms with Gasteiger partial charge in [-0.05, 0) is 49.3 Å². The van der Waals surface area contributed by atoms with Gasteiger partial charge in [-0.1, -0.05) is 25.3 Å². The molecule has 0 spiro atoms. The number of nitrogens with zero attached hydrogens (tertiary/aromatic N) is 1. The first-order valence-corrected chi connectivity index (χ1v) is 12.5. The van der Waals surface area contributed by atoms with Crippen LogP contribution in [0.1, 0.15) is 56.3 Å². The normalized spacial score (nSPS) is 19.1. The van der Waals surface area contributed by atoms with Crippen molar-refractivity contribution >= 4 is 33.1 Å². The molecule has 0 bridgehead atoms. The zero-order chi connectivity index (χ0) is 22.7. The summed E-state index contributed by atoms with van der Waals surface area (Å²) < 4.78 is 31.1. The summed E-state index contributed by atoms with van der Waals surface area (Å²) in [7, 11) is -3.94. The number of carboxylic acid groups (broad SMARTS) is 1. The Kier molecular flexibility index (Phi) is 6.50. The topological polar surface area (TPSA) is 139 Å². The van der Waals surface area contributed by atoms with E-state index in [0.717, 1.165) is 24.6 Å².